The van der Waals surface area contributed by atoms with E-state index in [4.69, 9.17) is 14.7 Å². The molecule has 0 saturated carbocycles. The van der Waals surface area contributed by atoms with Crippen LogP contribution in [-0.2, 0) is 25.2 Å². The Bertz CT molecular complexity index is 1360. The molecule has 0 aliphatic carbocycles. The molecule has 0 unspecified atom stereocenters. The van der Waals surface area contributed by atoms with Crippen molar-refractivity contribution in [3.63, 3.8) is 0 Å². The second-order valence-electron chi connectivity index (χ2n) is 8.22. The number of thioether (sulfide) groups is 1. The lowest BCUT2D eigenvalue weighted by Crippen LogP contribution is -2.13. The van der Waals surface area contributed by atoms with Gasteiger partial charge in [0.1, 0.15) is 10.8 Å². The maximum absolute atomic E-state index is 13.7. The lowest BCUT2D eigenvalue weighted by Gasteiger charge is -2.24. The van der Waals surface area contributed by atoms with E-state index in [0.29, 0.717) is 29.6 Å². The molecule has 7 heteroatoms. The van der Waals surface area contributed by atoms with Gasteiger partial charge in [0.15, 0.2) is 11.6 Å². The normalized spacial score (nSPS) is 12.1. The fourth-order valence-electron chi connectivity index (χ4n) is 4.01. The summed E-state index contributed by atoms with van der Waals surface area (Å²) >= 11 is 1.53. The quantitative estimate of drug-likeness (QED) is 0.240. The molecule has 1 aliphatic rings. The summed E-state index contributed by atoms with van der Waals surface area (Å²) in [7, 11) is 0. The Morgan fingerprint density at radius 3 is 2.62 bits per heavy atom. The van der Waals surface area contributed by atoms with Crippen molar-refractivity contribution in [3.8, 4) is 23.0 Å². The van der Waals surface area contributed by atoms with Crippen molar-refractivity contribution in [1.29, 1.82) is 0 Å². The van der Waals surface area contributed by atoms with Gasteiger partial charge in [0.25, 0.3) is 0 Å². The largest absolute Gasteiger partial charge is 0.436 e. The fourth-order valence-corrected chi connectivity index (χ4v) is 4.98. The summed E-state index contributed by atoms with van der Waals surface area (Å²) in [6.07, 6.45) is 3.18. The molecular weight excluding hydrogens is 449 g/mol. The maximum atomic E-state index is 13.7. The molecule has 0 radical (unpaired) electrons. The van der Waals surface area contributed by atoms with Crippen LogP contribution in [0.4, 0.5) is 4.39 Å². The van der Waals surface area contributed by atoms with E-state index in [1.54, 1.807) is 12.3 Å². The highest BCUT2D eigenvalue weighted by molar-refractivity contribution is 7.98. The van der Waals surface area contributed by atoms with Gasteiger partial charge in [-0.3, -0.25) is 4.98 Å². The summed E-state index contributed by atoms with van der Waals surface area (Å²) in [5.74, 6) is 2.03. The second kappa shape index (κ2) is 9.52. The van der Waals surface area contributed by atoms with Gasteiger partial charge in [-0.25, -0.2) is 9.37 Å². The van der Waals surface area contributed by atoms with Crippen molar-refractivity contribution in [1.82, 2.24) is 15.0 Å². The number of aromatic nitrogens is 3. The Morgan fingerprint density at radius 2 is 1.88 bits per heavy atom. The number of pyridine rings is 1. The van der Waals surface area contributed by atoms with Crippen LogP contribution in [-0.4, -0.2) is 20.1 Å². The van der Waals surface area contributed by atoms with Gasteiger partial charge in [-0.05, 0) is 36.6 Å². The zero-order chi connectivity index (χ0) is 23.7. The van der Waals surface area contributed by atoms with Gasteiger partial charge < -0.3 is 9.84 Å². The summed E-state index contributed by atoms with van der Waals surface area (Å²) in [5.41, 5.74) is 6.26. The average molecular weight is 474 g/mol. The number of aliphatic hydroxyl groups is 1. The van der Waals surface area contributed by atoms with Crippen LogP contribution < -0.4 is 4.74 Å². The van der Waals surface area contributed by atoms with Crippen LogP contribution in [0.15, 0.2) is 59.8 Å². The molecule has 2 aromatic heterocycles. The molecule has 0 amide bonds. The summed E-state index contributed by atoms with van der Waals surface area (Å²) in [6, 6.07) is 14.8. The van der Waals surface area contributed by atoms with E-state index in [9.17, 15) is 9.50 Å². The van der Waals surface area contributed by atoms with Crippen LogP contribution in [0.3, 0.4) is 0 Å². The molecule has 4 aromatic rings. The number of hydrogen-bond donors (Lipinski definition) is 1. The molecule has 34 heavy (non-hydrogen) atoms. The topological polar surface area (TPSA) is 68.1 Å². The van der Waals surface area contributed by atoms with Gasteiger partial charge >= 0.3 is 0 Å². The lowest BCUT2D eigenvalue weighted by molar-refractivity contribution is 0.278. The van der Waals surface area contributed by atoms with Gasteiger partial charge in [-0.2, -0.15) is 4.98 Å². The number of fused-ring (bicyclic) bond motifs is 2. The molecule has 0 spiro atoms. The number of benzene rings is 2. The number of rotatable bonds is 6. The van der Waals surface area contributed by atoms with E-state index in [1.807, 2.05) is 25.1 Å². The van der Waals surface area contributed by atoms with Crippen LogP contribution in [0.1, 0.15) is 40.4 Å². The first-order valence-corrected chi connectivity index (χ1v) is 12.2. The van der Waals surface area contributed by atoms with Crippen molar-refractivity contribution in [2.24, 2.45) is 0 Å². The van der Waals surface area contributed by atoms with E-state index in [1.165, 1.54) is 29.5 Å². The minimum absolute atomic E-state index is 0.122. The molecule has 1 aliphatic heterocycles. The third-order valence-electron chi connectivity index (χ3n) is 5.94. The summed E-state index contributed by atoms with van der Waals surface area (Å²) < 4.78 is 20.0. The van der Waals surface area contributed by atoms with Gasteiger partial charge in [-0.15, -0.1) is 11.8 Å². The first-order valence-electron chi connectivity index (χ1n) is 11.2. The Hall–Kier alpha value is -3.29. The SMILES string of the molecule is CCc1ccc(-c2nc3c(c(SCc4cccc(F)c4)n2)Cc2c(CO)cnc(C)c2O3)cc1. The number of hydrogen-bond acceptors (Lipinski definition) is 6. The smallest absolute Gasteiger partial charge is 0.227 e. The molecular formula is C27H24FN3O2S. The predicted molar refractivity (Wildman–Crippen MR) is 131 cm³/mol. The fraction of sp³-hybridized carbons (Fsp3) is 0.222. The van der Waals surface area contributed by atoms with Crippen molar-refractivity contribution in [3.05, 3.63) is 94.1 Å². The predicted octanol–water partition coefficient (Wildman–Crippen LogP) is 6.03. The van der Waals surface area contributed by atoms with E-state index in [0.717, 1.165) is 45.0 Å². The van der Waals surface area contributed by atoms with Gasteiger partial charge in [0.05, 0.1) is 17.9 Å². The average Bonchev–Trinajstić information content (AvgIpc) is 2.87. The molecule has 5 rings (SSSR count). The minimum Gasteiger partial charge on any atom is -0.436 e. The highest BCUT2D eigenvalue weighted by Crippen LogP contribution is 2.43. The zero-order valence-corrected chi connectivity index (χ0v) is 19.8. The van der Waals surface area contributed by atoms with Crippen LogP contribution >= 0.6 is 11.8 Å². The van der Waals surface area contributed by atoms with Gasteiger partial charge in [0, 0.05) is 35.1 Å². The number of aryl methyl sites for hydroxylation is 2. The van der Waals surface area contributed by atoms with Gasteiger partial charge in [-0.1, -0.05) is 43.3 Å². The Labute approximate surface area is 202 Å². The highest BCUT2D eigenvalue weighted by atomic mass is 32.2. The van der Waals surface area contributed by atoms with Crippen LogP contribution in [0, 0.1) is 12.7 Å². The van der Waals surface area contributed by atoms with E-state index < -0.39 is 0 Å². The number of aliphatic hydroxyl groups excluding tert-OH is 1. The van der Waals surface area contributed by atoms with Gasteiger partial charge in [0.2, 0.25) is 5.88 Å². The second-order valence-corrected chi connectivity index (χ2v) is 9.18. The number of halogens is 1. The molecule has 2 aromatic carbocycles. The van der Waals surface area contributed by atoms with Crippen molar-refractivity contribution >= 4 is 11.8 Å². The number of nitrogens with zero attached hydrogens (tertiary/aromatic N) is 3. The molecule has 0 atom stereocenters. The zero-order valence-electron chi connectivity index (χ0n) is 19.0. The third-order valence-corrected chi connectivity index (χ3v) is 7.03. The first-order chi connectivity index (χ1) is 16.6. The monoisotopic (exact) mass is 473 g/mol. The summed E-state index contributed by atoms with van der Waals surface area (Å²) in [6.45, 7) is 3.88. The van der Waals surface area contributed by atoms with Crippen molar-refractivity contribution in [2.45, 2.75) is 44.1 Å². The van der Waals surface area contributed by atoms with Crippen LogP contribution in [0.2, 0.25) is 0 Å². The molecule has 0 bridgehead atoms. The van der Waals surface area contributed by atoms with E-state index in [2.05, 4.69) is 24.0 Å². The standard InChI is InChI=1S/C27H24FN3O2S/c1-3-17-7-9-19(10-8-17)25-30-26-23(12-22-20(14-32)13-29-16(2)24(22)33-26)27(31-25)34-15-18-5-4-6-21(28)11-18/h4-11,13,32H,3,12,14-15H2,1-2H3. The molecule has 1 N–H and O–H groups in total. The third kappa shape index (κ3) is 4.41. The Morgan fingerprint density at radius 1 is 1.06 bits per heavy atom. The molecule has 5 nitrogen and oxygen atoms in total. The van der Waals surface area contributed by atoms with Crippen molar-refractivity contribution < 1.29 is 14.2 Å². The van der Waals surface area contributed by atoms with E-state index in [-0.39, 0.29) is 12.4 Å². The highest BCUT2D eigenvalue weighted by Gasteiger charge is 2.27. The summed E-state index contributed by atoms with van der Waals surface area (Å²) in [5, 5.41) is 10.6. The molecule has 0 fully saturated rings. The lowest BCUT2D eigenvalue weighted by atomic mass is 9.99. The van der Waals surface area contributed by atoms with Crippen molar-refractivity contribution in [2.75, 3.05) is 0 Å². The van der Waals surface area contributed by atoms with Crippen LogP contribution in [0.5, 0.6) is 11.6 Å². The number of ether oxygens (including phenoxy) is 1. The Kier molecular flexibility index (Phi) is 6.30. The van der Waals surface area contributed by atoms with E-state index >= 15 is 0 Å². The minimum atomic E-state index is -0.257. The first kappa shape index (κ1) is 22.5. The molecule has 3 heterocycles. The Balaban J connectivity index is 1.58. The summed E-state index contributed by atoms with van der Waals surface area (Å²) in [4.78, 5) is 14.0. The van der Waals surface area contributed by atoms with Crippen LogP contribution in [0.25, 0.3) is 11.4 Å². The maximum Gasteiger partial charge on any atom is 0.227 e. The molecule has 0 saturated heterocycles. The molecule has 172 valence electrons.